The molecule has 0 amide bonds. The van der Waals surface area contributed by atoms with Crippen LogP contribution in [0.5, 0.6) is 0 Å². The first-order valence-corrected chi connectivity index (χ1v) is 12.8. The number of aromatic amines is 1. The van der Waals surface area contributed by atoms with Gasteiger partial charge in [0.1, 0.15) is 5.82 Å². The van der Waals surface area contributed by atoms with Crippen LogP contribution in [0.4, 0.5) is 11.5 Å². The van der Waals surface area contributed by atoms with Gasteiger partial charge in [-0.1, -0.05) is 66.5 Å². The summed E-state index contributed by atoms with van der Waals surface area (Å²) in [5.74, 6) is 0.747. The molecule has 31 heavy (non-hydrogen) atoms. The van der Waals surface area contributed by atoms with Crippen molar-refractivity contribution in [1.29, 1.82) is 0 Å². The third-order valence-corrected chi connectivity index (χ3v) is 8.23. The van der Waals surface area contributed by atoms with Crippen molar-refractivity contribution >= 4 is 44.5 Å². The van der Waals surface area contributed by atoms with E-state index in [4.69, 9.17) is 23.2 Å². The van der Waals surface area contributed by atoms with E-state index in [9.17, 15) is 8.42 Å². The highest BCUT2D eigenvalue weighted by molar-refractivity contribution is 7.91. The Morgan fingerprint density at radius 2 is 1.52 bits per heavy atom. The number of nitrogens with one attached hydrogen (secondary N) is 1. The van der Waals surface area contributed by atoms with E-state index in [0.717, 1.165) is 31.7 Å². The van der Waals surface area contributed by atoms with Crippen molar-refractivity contribution in [3.8, 4) is 11.1 Å². The summed E-state index contributed by atoms with van der Waals surface area (Å²) in [7, 11) is -3.52. The van der Waals surface area contributed by atoms with Gasteiger partial charge in [-0.15, -0.1) is 0 Å². The van der Waals surface area contributed by atoms with Crippen LogP contribution in [0.25, 0.3) is 11.1 Å². The molecular formula is C23H25Cl2N3O2S. The second-order valence-corrected chi connectivity index (χ2v) is 10.4. The van der Waals surface area contributed by atoms with Crippen molar-refractivity contribution in [2.45, 2.75) is 18.4 Å². The standard InChI is InChI=1S/C23H25Cl2N3O2S/c1-2-16-31(29,30)23-21(25)20(18-10-6-7-11-19(18)24)22(26-23)28-14-12-27(13-15-28)17-8-4-3-5-9-17/h3-11,26H,2,12-16H2,1H3. The molecule has 0 bridgehead atoms. The zero-order valence-electron chi connectivity index (χ0n) is 17.3. The molecule has 1 N–H and O–H groups in total. The van der Waals surface area contributed by atoms with Gasteiger partial charge < -0.3 is 14.8 Å². The Morgan fingerprint density at radius 1 is 0.903 bits per heavy atom. The summed E-state index contributed by atoms with van der Waals surface area (Å²) in [5, 5.41) is 0.820. The van der Waals surface area contributed by atoms with E-state index < -0.39 is 9.84 Å². The number of nitrogens with zero attached hydrogens (tertiary/aromatic N) is 2. The van der Waals surface area contributed by atoms with E-state index in [2.05, 4.69) is 26.9 Å². The summed E-state index contributed by atoms with van der Waals surface area (Å²) < 4.78 is 25.8. The fourth-order valence-electron chi connectivity index (χ4n) is 4.00. The van der Waals surface area contributed by atoms with Crippen molar-refractivity contribution in [3.63, 3.8) is 0 Å². The number of benzene rings is 2. The molecule has 2 aromatic carbocycles. The molecule has 2 heterocycles. The number of halogens is 2. The first-order valence-electron chi connectivity index (χ1n) is 10.4. The smallest absolute Gasteiger partial charge is 0.195 e. The van der Waals surface area contributed by atoms with Gasteiger partial charge in [0.25, 0.3) is 0 Å². The predicted molar refractivity (Wildman–Crippen MR) is 129 cm³/mol. The van der Waals surface area contributed by atoms with Gasteiger partial charge in [-0.2, -0.15) is 0 Å². The molecule has 4 rings (SSSR count). The molecule has 1 aromatic heterocycles. The molecule has 1 aliphatic heterocycles. The zero-order chi connectivity index (χ0) is 22.0. The number of sulfone groups is 1. The lowest BCUT2D eigenvalue weighted by Gasteiger charge is -2.37. The van der Waals surface area contributed by atoms with Crippen LogP contribution in [-0.2, 0) is 9.84 Å². The molecular weight excluding hydrogens is 453 g/mol. The number of hydrogen-bond donors (Lipinski definition) is 1. The lowest BCUT2D eigenvalue weighted by atomic mass is 10.1. The Labute approximate surface area is 193 Å². The molecule has 8 heteroatoms. The fraction of sp³-hybridized carbons (Fsp3) is 0.304. The minimum Gasteiger partial charge on any atom is -0.368 e. The topological polar surface area (TPSA) is 56.4 Å². The molecule has 0 spiro atoms. The first-order chi connectivity index (χ1) is 14.9. The van der Waals surface area contributed by atoms with Crippen LogP contribution in [-0.4, -0.2) is 45.3 Å². The van der Waals surface area contributed by atoms with Crippen LogP contribution < -0.4 is 9.80 Å². The molecule has 0 unspecified atom stereocenters. The highest BCUT2D eigenvalue weighted by Gasteiger charge is 2.30. The van der Waals surface area contributed by atoms with Crippen molar-refractivity contribution in [2.24, 2.45) is 0 Å². The van der Waals surface area contributed by atoms with Gasteiger partial charge in [-0.3, -0.25) is 0 Å². The van der Waals surface area contributed by atoms with Gasteiger partial charge in [0.2, 0.25) is 0 Å². The minimum atomic E-state index is -3.52. The Morgan fingerprint density at radius 3 is 2.16 bits per heavy atom. The largest absolute Gasteiger partial charge is 0.368 e. The summed E-state index contributed by atoms with van der Waals surface area (Å²) in [5.41, 5.74) is 2.56. The zero-order valence-corrected chi connectivity index (χ0v) is 19.6. The monoisotopic (exact) mass is 477 g/mol. The van der Waals surface area contributed by atoms with E-state index in [1.54, 1.807) is 6.07 Å². The number of anilines is 2. The van der Waals surface area contributed by atoms with Crippen molar-refractivity contribution < 1.29 is 8.42 Å². The van der Waals surface area contributed by atoms with Gasteiger partial charge >= 0.3 is 0 Å². The van der Waals surface area contributed by atoms with Gasteiger partial charge in [0, 0.05) is 48.0 Å². The predicted octanol–water partition coefficient (Wildman–Crippen LogP) is 5.50. The SMILES string of the molecule is CCCS(=O)(=O)c1[nH]c(N2CCN(c3ccccc3)CC2)c(-c2ccccc2Cl)c1Cl. The van der Waals surface area contributed by atoms with Gasteiger partial charge in [-0.05, 0) is 24.6 Å². The number of hydrogen-bond acceptors (Lipinski definition) is 4. The van der Waals surface area contributed by atoms with Gasteiger partial charge in [0.15, 0.2) is 14.9 Å². The van der Waals surface area contributed by atoms with Crippen LogP contribution >= 0.6 is 23.2 Å². The maximum absolute atomic E-state index is 12.9. The van der Waals surface area contributed by atoms with E-state index in [-0.39, 0.29) is 15.8 Å². The van der Waals surface area contributed by atoms with Crippen molar-refractivity contribution in [2.75, 3.05) is 41.7 Å². The minimum absolute atomic E-state index is 0.0381. The van der Waals surface area contributed by atoms with Crippen LogP contribution in [0.2, 0.25) is 10.0 Å². The number of rotatable bonds is 6. The molecule has 164 valence electrons. The summed E-state index contributed by atoms with van der Waals surface area (Å²) in [6, 6.07) is 17.7. The molecule has 1 aliphatic rings. The number of H-pyrrole nitrogens is 1. The summed E-state index contributed by atoms with van der Waals surface area (Å²) in [6.07, 6.45) is 0.518. The molecule has 0 aliphatic carbocycles. The van der Waals surface area contributed by atoms with Crippen LogP contribution in [0.1, 0.15) is 13.3 Å². The molecule has 5 nitrogen and oxygen atoms in total. The first kappa shape index (κ1) is 22.1. The van der Waals surface area contributed by atoms with Gasteiger partial charge in [-0.25, -0.2) is 8.42 Å². The quantitative estimate of drug-likeness (QED) is 0.509. The third-order valence-electron chi connectivity index (χ3n) is 5.53. The summed E-state index contributed by atoms with van der Waals surface area (Å²) in [6.45, 7) is 4.94. The van der Waals surface area contributed by atoms with E-state index in [0.29, 0.717) is 22.8 Å². The van der Waals surface area contributed by atoms with Gasteiger partial charge in [0.05, 0.1) is 10.8 Å². The van der Waals surface area contributed by atoms with Crippen LogP contribution in [0.3, 0.4) is 0 Å². The average molecular weight is 478 g/mol. The summed E-state index contributed by atoms with van der Waals surface area (Å²) >= 11 is 13.2. The Kier molecular flexibility index (Phi) is 6.51. The maximum atomic E-state index is 12.9. The fourth-order valence-corrected chi connectivity index (χ4v) is 6.19. The van der Waals surface area contributed by atoms with Crippen molar-refractivity contribution in [3.05, 3.63) is 64.6 Å². The molecule has 0 atom stereocenters. The molecule has 1 saturated heterocycles. The number of aromatic nitrogens is 1. The molecule has 1 fully saturated rings. The highest BCUT2D eigenvalue weighted by atomic mass is 35.5. The second-order valence-electron chi connectivity index (χ2n) is 7.60. The van der Waals surface area contributed by atoms with E-state index in [1.165, 1.54) is 5.69 Å². The summed E-state index contributed by atoms with van der Waals surface area (Å²) in [4.78, 5) is 7.64. The second kappa shape index (κ2) is 9.15. The lowest BCUT2D eigenvalue weighted by Crippen LogP contribution is -2.46. The Bertz CT molecular complexity index is 1150. The molecule has 0 radical (unpaired) electrons. The van der Waals surface area contributed by atoms with E-state index in [1.807, 2.05) is 43.3 Å². The lowest BCUT2D eigenvalue weighted by molar-refractivity contribution is 0.591. The van der Waals surface area contributed by atoms with Crippen LogP contribution in [0, 0.1) is 0 Å². The molecule has 0 saturated carbocycles. The number of piperazine rings is 1. The average Bonchev–Trinajstić information content (AvgIpc) is 3.13. The van der Waals surface area contributed by atoms with Crippen LogP contribution in [0.15, 0.2) is 59.6 Å². The normalized spacial score (nSPS) is 14.8. The Balaban J connectivity index is 1.73. The third kappa shape index (κ3) is 4.43. The molecule has 3 aromatic rings. The Hall–Kier alpha value is -2.15. The van der Waals surface area contributed by atoms with E-state index >= 15 is 0 Å². The number of para-hydroxylation sites is 1. The maximum Gasteiger partial charge on any atom is 0.195 e. The highest BCUT2D eigenvalue weighted by Crippen LogP contribution is 2.44. The van der Waals surface area contributed by atoms with Crippen molar-refractivity contribution in [1.82, 2.24) is 4.98 Å².